The Labute approximate surface area is 116 Å². The van der Waals surface area contributed by atoms with E-state index in [9.17, 15) is 9.50 Å². The fourth-order valence-electron chi connectivity index (χ4n) is 1.72. The van der Waals surface area contributed by atoms with Crippen molar-refractivity contribution in [1.82, 2.24) is 0 Å². The summed E-state index contributed by atoms with van der Waals surface area (Å²) in [7, 11) is 0. The second-order valence-electron chi connectivity index (χ2n) is 4.27. The van der Waals surface area contributed by atoms with Crippen LogP contribution in [0.15, 0.2) is 42.5 Å². The molecule has 19 heavy (non-hydrogen) atoms. The Morgan fingerprint density at radius 2 is 1.89 bits per heavy atom. The Morgan fingerprint density at radius 3 is 2.53 bits per heavy atom. The molecule has 2 rings (SSSR count). The zero-order valence-corrected chi connectivity index (χ0v) is 11.2. The lowest BCUT2D eigenvalue weighted by Crippen LogP contribution is -2.01. The van der Waals surface area contributed by atoms with Crippen molar-refractivity contribution in [2.24, 2.45) is 0 Å². The molecule has 0 saturated carbocycles. The molecule has 4 heteroatoms. The third kappa shape index (κ3) is 3.69. The van der Waals surface area contributed by atoms with Crippen molar-refractivity contribution in [3.8, 4) is 5.75 Å². The van der Waals surface area contributed by atoms with Crippen LogP contribution in [0.25, 0.3) is 0 Å². The number of hydrogen-bond donors (Lipinski definition) is 1. The summed E-state index contributed by atoms with van der Waals surface area (Å²) in [6, 6.07) is 11.3. The SMILES string of the molecule is CC(O)c1ccc(F)cc1OCc1ccc(Cl)cc1. The number of benzene rings is 2. The van der Waals surface area contributed by atoms with Crippen molar-refractivity contribution >= 4 is 11.6 Å². The Bertz CT molecular complexity index is 553. The summed E-state index contributed by atoms with van der Waals surface area (Å²) in [4.78, 5) is 0. The molecule has 1 atom stereocenters. The number of aliphatic hydroxyl groups is 1. The summed E-state index contributed by atoms with van der Waals surface area (Å²) in [5.74, 6) is -0.0412. The summed E-state index contributed by atoms with van der Waals surface area (Å²) < 4.78 is 18.8. The molecule has 0 radical (unpaired) electrons. The minimum absolute atomic E-state index is 0.292. The molecule has 0 fully saturated rings. The predicted molar refractivity (Wildman–Crippen MR) is 72.8 cm³/mol. The number of halogens is 2. The van der Waals surface area contributed by atoms with E-state index in [0.29, 0.717) is 22.9 Å². The molecule has 100 valence electrons. The zero-order valence-electron chi connectivity index (χ0n) is 10.4. The van der Waals surface area contributed by atoms with Crippen molar-refractivity contribution in [3.63, 3.8) is 0 Å². The highest BCUT2D eigenvalue weighted by Crippen LogP contribution is 2.26. The van der Waals surface area contributed by atoms with Crippen LogP contribution in [-0.4, -0.2) is 5.11 Å². The van der Waals surface area contributed by atoms with Crippen molar-refractivity contribution in [2.45, 2.75) is 19.6 Å². The molecule has 0 bridgehead atoms. The molecule has 0 aliphatic rings. The van der Waals surface area contributed by atoms with Crippen LogP contribution in [0.2, 0.25) is 5.02 Å². The molecule has 2 aromatic rings. The molecule has 0 spiro atoms. The first-order valence-electron chi connectivity index (χ1n) is 5.91. The quantitative estimate of drug-likeness (QED) is 0.913. The highest BCUT2D eigenvalue weighted by atomic mass is 35.5. The maximum Gasteiger partial charge on any atom is 0.128 e. The average Bonchev–Trinajstić information content (AvgIpc) is 2.38. The van der Waals surface area contributed by atoms with E-state index < -0.39 is 11.9 Å². The van der Waals surface area contributed by atoms with Crippen molar-refractivity contribution in [3.05, 3.63) is 64.4 Å². The van der Waals surface area contributed by atoms with E-state index in [-0.39, 0.29) is 0 Å². The molecule has 0 amide bonds. The summed E-state index contributed by atoms with van der Waals surface area (Å²) in [5, 5.41) is 10.3. The number of hydrogen-bond acceptors (Lipinski definition) is 2. The molecule has 2 nitrogen and oxygen atoms in total. The molecule has 0 aliphatic carbocycles. The first-order chi connectivity index (χ1) is 9.06. The molecule has 0 saturated heterocycles. The minimum atomic E-state index is -0.708. The number of rotatable bonds is 4. The fraction of sp³-hybridized carbons (Fsp3) is 0.200. The smallest absolute Gasteiger partial charge is 0.128 e. The van der Waals surface area contributed by atoms with Crippen LogP contribution in [-0.2, 0) is 6.61 Å². The Hall–Kier alpha value is -1.58. The van der Waals surface area contributed by atoms with Gasteiger partial charge in [-0.3, -0.25) is 0 Å². The van der Waals surface area contributed by atoms with E-state index >= 15 is 0 Å². The number of aliphatic hydroxyl groups excluding tert-OH is 1. The van der Waals surface area contributed by atoms with Gasteiger partial charge in [-0.2, -0.15) is 0 Å². The molecule has 1 unspecified atom stereocenters. The van der Waals surface area contributed by atoms with Crippen LogP contribution in [0.1, 0.15) is 24.2 Å². The van der Waals surface area contributed by atoms with Gasteiger partial charge in [0, 0.05) is 16.7 Å². The third-order valence-electron chi connectivity index (χ3n) is 2.73. The Morgan fingerprint density at radius 1 is 1.21 bits per heavy atom. The van der Waals surface area contributed by atoms with E-state index in [1.54, 1.807) is 19.1 Å². The van der Waals surface area contributed by atoms with Gasteiger partial charge in [-0.05, 0) is 36.8 Å². The third-order valence-corrected chi connectivity index (χ3v) is 2.99. The molecule has 0 aromatic heterocycles. The maximum absolute atomic E-state index is 13.2. The van der Waals surface area contributed by atoms with E-state index in [2.05, 4.69) is 0 Å². The van der Waals surface area contributed by atoms with E-state index in [4.69, 9.17) is 16.3 Å². The van der Waals surface area contributed by atoms with Crippen LogP contribution >= 0.6 is 11.6 Å². The van der Waals surface area contributed by atoms with Crippen molar-refractivity contribution in [2.75, 3.05) is 0 Å². The van der Waals surface area contributed by atoms with Crippen LogP contribution < -0.4 is 4.74 Å². The first kappa shape index (κ1) is 13.8. The zero-order chi connectivity index (χ0) is 13.8. The largest absolute Gasteiger partial charge is 0.488 e. The van der Waals surface area contributed by atoms with Crippen molar-refractivity contribution < 1.29 is 14.2 Å². The number of ether oxygens (including phenoxy) is 1. The van der Waals surface area contributed by atoms with E-state index in [1.807, 2.05) is 12.1 Å². The second kappa shape index (κ2) is 6.04. The van der Waals surface area contributed by atoms with Crippen LogP contribution in [0.4, 0.5) is 4.39 Å². The Kier molecular flexibility index (Phi) is 4.40. The van der Waals surface area contributed by atoms with Gasteiger partial charge < -0.3 is 9.84 Å². The highest BCUT2D eigenvalue weighted by Gasteiger charge is 2.10. The maximum atomic E-state index is 13.2. The van der Waals surface area contributed by atoms with Gasteiger partial charge in [0.2, 0.25) is 0 Å². The highest BCUT2D eigenvalue weighted by molar-refractivity contribution is 6.30. The minimum Gasteiger partial charge on any atom is -0.488 e. The molecular weight excluding hydrogens is 267 g/mol. The van der Waals surface area contributed by atoms with Gasteiger partial charge in [0.1, 0.15) is 18.2 Å². The van der Waals surface area contributed by atoms with Gasteiger partial charge in [0.15, 0.2) is 0 Å². The standard InChI is InChI=1S/C15H14ClFO2/c1-10(18)14-7-6-13(17)8-15(14)19-9-11-2-4-12(16)5-3-11/h2-8,10,18H,9H2,1H3. The topological polar surface area (TPSA) is 29.5 Å². The monoisotopic (exact) mass is 280 g/mol. The summed E-state index contributed by atoms with van der Waals surface area (Å²) in [5.41, 5.74) is 1.49. The predicted octanol–water partition coefficient (Wildman–Crippen LogP) is 4.11. The normalized spacial score (nSPS) is 12.2. The van der Waals surface area contributed by atoms with Gasteiger partial charge >= 0.3 is 0 Å². The lowest BCUT2D eigenvalue weighted by Gasteiger charge is -2.13. The van der Waals surface area contributed by atoms with Crippen LogP contribution in [0.3, 0.4) is 0 Å². The van der Waals surface area contributed by atoms with Gasteiger partial charge in [-0.1, -0.05) is 23.7 Å². The summed E-state index contributed by atoms with van der Waals surface area (Å²) in [6.07, 6.45) is -0.708. The van der Waals surface area contributed by atoms with E-state index in [1.165, 1.54) is 18.2 Å². The lowest BCUT2D eigenvalue weighted by atomic mass is 10.1. The molecule has 0 aliphatic heterocycles. The summed E-state index contributed by atoms with van der Waals surface area (Å²) >= 11 is 5.79. The molecular formula is C15H14ClFO2. The average molecular weight is 281 g/mol. The van der Waals surface area contributed by atoms with Gasteiger partial charge in [0.05, 0.1) is 6.10 Å². The van der Waals surface area contributed by atoms with E-state index in [0.717, 1.165) is 5.56 Å². The fourth-order valence-corrected chi connectivity index (χ4v) is 1.85. The van der Waals surface area contributed by atoms with Gasteiger partial charge in [0.25, 0.3) is 0 Å². The van der Waals surface area contributed by atoms with Crippen molar-refractivity contribution in [1.29, 1.82) is 0 Å². The van der Waals surface area contributed by atoms with Crippen LogP contribution in [0.5, 0.6) is 5.75 Å². The molecule has 1 N–H and O–H groups in total. The van der Waals surface area contributed by atoms with Crippen LogP contribution in [0, 0.1) is 5.82 Å². The summed E-state index contributed by atoms with van der Waals surface area (Å²) in [6.45, 7) is 1.91. The lowest BCUT2D eigenvalue weighted by molar-refractivity contribution is 0.190. The molecule has 0 heterocycles. The second-order valence-corrected chi connectivity index (χ2v) is 4.71. The Balaban J connectivity index is 2.14. The molecule has 2 aromatic carbocycles. The van der Waals surface area contributed by atoms with Gasteiger partial charge in [-0.25, -0.2) is 4.39 Å². The van der Waals surface area contributed by atoms with Gasteiger partial charge in [-0.15, -0.1) is 0 Å². The first-order valence-corrected chi connectivity index (χ1v) is 6.29.